The number of methoxy groups -OCH3 is 1. The van der Waals surface area contributed by atoms with Crippen molar-refractivity contribution in [2.75, 3.05) is 12.4 Å². The van der Waals surface area contributed by atoms with Crippen LogP contribution in [-0.2, 0) is 4.79 Å². The summed E-state index contributed by atoms with van der Waals surface area (Å²) in [6.45, 7) is 0. The lowest BCUT2D eigenvalue weighted by Crippen LogP contribution is -2.13. The number of carbonyl (C=O) groups excluding carboxylic acids is 2. The normalized spacial score (nSPS) is 10.8. The average molecular weight is 593 g/mol. The van der Waals surface area contributed by atoms with Crippen molar-refractivity contribution in [3.05, 3.63) is 91.0 Å². The van der Waals surface area contributed by atoms with E-state index in [1.165, 1.54) is 25.3 Å². The van der Waals surface area contributed by atoms with Crippen LogP contribution in [0.3, 0.4) is 0 Å². The van der Waals surface area contributed by atoms with Gasteiger partial charge in [-0.05, 0) is 76.7 Å². The fourth-order valence-electron chi connectivity index (χ4n) is 2.74. The van der Waals surface area contributed by atoms with E-state index in [0.29, 0.717) is 25.4 Å². The largest absolute Gasteiger partial charge is 0.493 e. The minimum absolute atomic E-state index is 0.145. The molecule has 0 saturated heterocycles. The molecule has 3 rings (SSSR count). The highest BCUT2D eigenvalue weighted by molar-refractivity contribution is 14.1. The van der Waals surface area contributed by atoms with Gasteiger partial charge in [0.1, 0.15) is 11.6 Å². The Hall–Kier alpha value is -3.06. The molecule has 0 aromatic heterocycles. The van der Waals surface area contributed by atoms with Crippen LogP contribution >= 0.6 is 45.8 Å². The lowest BCUT2D eigenvalue weighted by Gasteiger charge is -2.12. The molecule has 1 amide bonds. The number of hydrogen-bond acceptors (Lipinski definition) is 5. The van der Waals surface area contributed by atoms with E-state index in [1.54, 1.807) is 48.5 Å². The molecule has 1 N–H and O–H groups in total. The van der Waals surface area contributed by atoms with Crippen molar-refractivity contribution in [2.24, 2.45) is 0 Å². The molecule has 166 valence electrons. The number of carbonyl (C=O) groups is 2. The van der Waals surface area contributed by atoms with Gasteiger partial charge in [-0.15, -0.1) is 0 Å². The van der Waals surface area contributed by atoms with Crippen LogP contribution in [0.25, 0.3) is 6.08 Å². The van der Waals surface area contributed by atoms with Gasteiger partial charge in [0.15, 0.2) is 11.5 Å². The summed E-state index contributed by atoms with van der Waals surface area (Å²) in [7, 11) is 1.43. The van der Waals surface area contributed by atoms with Crippen LogP contribution in [0.5, 0.6) is 11.5 Å². The Balaban J connectivity index is 1.86. The molecule has 0 atom stereocenters. The maximum Gasteiger partial charge on any atom is 0.343 e. The topological polar surface area (TPSA) is 88.4 Å². The number of esters is 1. The smallest absolute Gasteiger partial charge is 0.343 e. The van der Waals surface area contributed by atoms with E-state index in [4.69, 9.17) is 32.7 Å². The van der Waals surface area contributed by atoms with E-state index in [9.17, 15) is 14.9 Å². The SMILES string of the molecule is COc1cc(/C=C(\C#N)C(=O)Nc2ccc(Cl)c(Cl)c2)cc(I)c1OC(=O)c1ccccc1. The highest BCUT2D eigenvalue weighted by atomic mass is 127. The Kier molecular flexibility index (Phi) is 8.33. The first-order chi connectivity index (χ1) is 15.8. The summed E-state index contributed by atoms with van der Waals surface area (Å²) < 4.78 is 11.5. The van der Waals surface area contributed by atoms with Crippen molar-refractivity contribution in [3.63, 3.8) is 0 Å². The number of nitrogens with zero attached hydrogens (tertiary/aromatic N) is 1. The van der Waals surface area contributed by atoms with Crippen LogP contribution in [0.15, 0.2) is 66.2 Å². The third-order valence-corrected chi connectivity index (χ3v) is 5.85. The molecule has 9 heteroatoms. The van der Waals surface area contributed by atoms with E-state index in [-0.39, 0.29) is 22.1 Å². The van der Waals surface area contributed by atoms with E-state index in [2.05, 4.69) is 5.32 Å². The predicted octanol–water partition coefficient (Wildman–Crippen LogP) is 6.37. The molecule has 3 aromatic rings. The van der Waals surface area contributed by atoms with Gasteiger partial charge in [-0.25, -0.2) is 4.79 Å². The molecule has 0 fully saturated rings. The quantitative estimate of drug-likeness (QED) is 0.118. The summed E-state index contributed by atoms with van der Waals surface area (Å²) in [5.74, 6) is -0.638. The summed E-state index contributed by atoms with van der Waals surface area (Å²) in [5, 5.41) is 12.7. The number of halogens is 3. The highest BCUT2D eigenvalue weighted by Crippen LogP contribution is 2.35. The predicted molar refractivity (Wildman–Crippen MR) is 136 cm³/mol. The van der Waals surface area contributed by atoms with Gasteiger partial charge in [0.25, 0.3) is 5.91 Å². The second-order valence-corrected chi connectivity index (χ2v) is 8.52. The molecule has 33 heavy (non-hydrogen) atoms. The lowest BCUT2D eigenvalue weighted by atomic mass is 10.1. The van der Waals surface area contributed by atoms with Gasteiger partial charge in [0, 0.05) is 5.69 Å². The summed E-state index contributed by atoms with van der Waals surface area (Å²) in [6, 6.07) is 18.3. The number of ether oxygens (including phenoxy) is 2. The van der Waals surface area contributed by atoms with Gasteiger partial charge in [0.05, 0.1) is 26.3 Å². The number of anilines is 1. The van der Waals surface area contributed by atoms with E-state index in [0.717, 1.165) is 0 Å². The number of benzene rings is 3. The zero-order valence-electron chi connectivity index (χ0n) is 17.1. The maximum atomic E-state index is 12.6. The zero-order valence-corrected chi connectivity index (χ0v) is 20.7. The molecule has 6 nitrogen and oxygen atoms in total. The van der Waals surface area contributed by atoms with Crippen LogP contribution in [0, 0.1) is 14.9 Å². The lowest BCUT2D eigenvalue weighted by molar-refractivity contribution is -0.112. The van der Waals surface area contributed by atoms with Crippen LogP contribution in [0.2, 0.25) is 10.0 Å². The van der Waals surface area contributed by atoms with Gasteiger partial charge < -0.3 is 14.8 Å². The molecular weight excluding hydrogens is 578 g/mol. The summed E-state index contributed by atoms with van der Waals surface area (Å²) in [5.41, 5.74) is 1.15. The van der Waals surface area contributed by atoms with Crippen molar-refractivity contribution in [2.45, 2.75) is 0 Å². The molecule has 0 unspecified atom stereocenters. The standard InChI is InChI=1S/C24H15Cl2IN2O4/c1-32-21-11-14(10-20(27)22(21)33-24(31)15-5-3-2-4-6-15)9-16(13-28)23(30)29-17-7-8-18(25)19(26)12-17/h2-12H,1H3,(H,29,30)/b16-9+. The summed E-state index contributed by atoms with van der Waals surface area (Å²) in [4.78, 5) is 25.0. The fourth-order valence-corrected chi connectivity index (χ4v) is 3.77. The summed E-state index contributed by atoms with van der Waals surface area (Å²) >= 11 is 13.8. The molecule has 0 spiro atoms. The average Bonchev–Trinajstić information content (AvgIpc) is 2.81. The number of nitrogens with one attached hydrogen (secondary N) is 1. The van der Waals surface area contributed by atoms with E-state index < -0.39 is 11.9 Å². The number of nitriles is 1. The van der Waals surface area contributed by atoms with Crippen LogP contribution in [-0.4, -0.2) is 19.0 Å². The van der Waals surface area contributed by atoms with Crippen molar-refractivity contribution in [1.82, 2.24) is 0 Å². The first-order valence-corrected chi connectivity index (χ1v) is 11.2. The minimum atomic E-state index is -0.621. The first-order valence-electron chi connectivity index (χ1n) is 9.35. The fraction of sp³-hybridized carbons (Fsp3) is 0.0417. The van der Waals surface area contributed by atoms with E-state index in [1.807, 2.05) is 28.7 Å². The molecule has 0 aliphatic carbocycles. The molecule has 0 aliphatic heterocycles. The van der Waals surface area contributed by atoms with Gasteiger partial charge in [-0.2, -0.15) is 5.26 Å². The van der Waals surface area contributed by atoms with E-state index >= 15 is 0 Å². The second kappa shape index (κ2) is 11.2. The van der Waals surface area contributed by atoms with Crippen LogP contribution in [0.1, 0.15) is 15.9 Å². The van der Waals surface area contributed by atoms with Crippen LogP contribution < -0.4 is 14.8 Å². The first kappa shape index (κ1) is 24.6. The Morgan fingerprint density at radius 1 is 1.06 bits per heavy atom. The third-order valence-electron chi connectivity index (χ3n) is 4.31. The molecule has 0 radical (unpaired) electrons. The maximum absolute atomic E-state index is 12.6. The summed E-state index contributed by atoms with van der Waals surface area (Å²) in [6.07, 6.45) is 1.40. The van der Waals surface area contributed by atoms with Crippen molar-refractivity contribution < 1.29 is 19.1 Å². The van der Waals surface area contributed by atoms with Gasteiger partial charge in [-0.3, -0.25) is 4.79 Å². The molecule has 0 saturated carbocycles. The third kappa shape index (κ3) is 6.26. The van der Waals surface area contributed by atoms with Gasteiger partial charge in [-0.1, -0.05) is 41.4 Å². The Bertz CT molecular complexity index is 1290. The number of amides is 1. The number of rotatable bonds is 6. The minimum Gasteiger partial charge on any atom is -0.493 e. The molecule has 0 aliphatic rings. The Morgan fingerprint density at radius 2 is 1.79 bits per heavy atom. The van der Waals surface area contributed by atoms with Gasteiger partial charge in [0.2, 0.25) is 0 Å². The van der Waals surface area contributed by atoms with Crippen molar-refractivity contribution >= 4 is 69.4 Å². The number of hydrogen-bond donors (Lipinski definition) is 1. The van der Waals surface area contributed by atoms with Crippen LogP contribution in [0.4, 0.5) is 5.69 Å². The monoisotopic (exact) mass is 592 g/mol. The van der Waals surface area contributed by atoms with Crippen molar-refractivity contribution in [3.8, 4) is 17.6 Å². The van der Waals surface area contributed by atoms with Gasteiger partial charge >= 0.3 is 5.97 Å². The molecule has 3 aromatic carbocycles. The molecule has 0 heterocycles. The van der Waals surface area contributed by atoms with Crippen molar-refractivity contribution in [1.29, 1.82) is 5.26 Å². The Labute approximate surface area is 213 Å². The molecule has 0 bridgehead atoms. The second-order valence-electron chi connectivity index (χ2n) is 6.54. The molecular formula is C24H15Cl2IN2O4. The Morgan fingerprint density at radius 3 is 2.42 bits per heavy atom. The zero-order chi connectivity index (χ0) is 24.0. The highest BCUT2D eigenvalue weighted by Gasteiger charge is 2.18.